The number of halogens is 1. The first-order chi connectivity index (χ1) is 11.7. The van der Waals surface area contributed by atoms with Crippen molar-refractivity contribution in [1.29, 1.82) is 0 Å². The molecule has 2 aromatic carbocycles. The molecule has 0 saturated heterocycles. The van der Waals surface area contributed by atoms with Crippen LogP contribution in [0.1, 0.15) is 19.4 Å². The van der Waals surface area contributed by atoms with Gasteiger partial charge >= 0.3 is 0 Å². The fraction of sp³-hybridized carbons (Fsp3) is 0.200. The molecule has 0 bridgehead atoms. The minimum absolute atomic E-state index is 0.0121. The lowest BCUT2D eigenvalue weighted by Crippen LogP contribution is -2.48. The maximum absolute atomic E-state index is 5.78. The molecule has 126 valence electrons. The zero-order valence-electron chi connectivity index (χ0n) is 14.0. The summed E-state index contributed by atoms with van der Waals surface area (Å²) < 4.78 is 0. The highest BCUT2D eigenvalue weighted by atomic mass is 79.9. The van der Waals surface area contributed by atoms with Crippen LogP contribution in [-0.2, 0) is 0 Å². The van der Waals surface area contributed by atoms with E-state index in [2.05, 4.69) is 81.2 Å². The summed E-state index contributed by atoms with van der Waals surface area (Å²) in [6.45, 7) is 4.00. The summed E-state index contributed by atoms with van der Waals surface area (Å²) in [5.74, 6) is 0. The summed E-state index contributed by atoms with van der Waals surface area (Å²) >= 11 is 3.33. The normalized spacial score (nSPS) is 17.2. The van der Waals surface area contributed by atoms with Gasteiger partial charge in [-0.1, -0.05) is 90.5 Å². The zero-order chi connectivity index (χ0) is 17.4. The molecule has 3 nitrogen and oxygen atoms in total. The van der Waals surface area contributed by atoms with Crippen LogP contribution in [-0.4, -0.2) is 11.2 Å². The third kappa shape index (κ3) is 4.81. The Bertz CT molecular complexity index is 676. The van der Waals surface area contributed by atoms with Crippen LogP contribution in [0, 0.1) is 0 Å². The second-order valence-electron chi connectivity index (χ2n) is 5.09. The number of nitrogens with one attached hydrogen (secondary N) is 2. The van der Waals surface area contributed by atoms with Gasteiger partial charge in [0.15, 0.2) is 0 Å². The highest BCUT2D eigenvalue weighted by Gasteiger charge is 2.17. The van der Waals surface area contributed by atoms with Crippen molar-refractivity contribution >= 4 is 21.5 Å². The Morgan fingerprint density at radius 3 is 2.17 bits per heavy atom. The van der Waals surface area contributed by atoms with Crippen molar-refractivity contribution in [1.82, 2.24) is 10.6 Å². The van der Waals surface area contributed by atoms with E-state index in [0.29, 0.717) is 0 Å². The van der Waals surface area contributed by atoms with Crippen LogP contribution in [0.4, 0.5) is 0 Å². The molecule has 2 aromatic rings. The maximum Gasteiger partial charge on any atom is 0.114 e. The van der Waals surface area contributed by atoms with Crippen molar-refractivity contribution < 1.29 is 0 Å². The molecule has 4 heteroatoms. The lowest BCUT2D eigenvalue weighted by molar-refractivity contribution is 0.552. The highest BCUT2D eigenvalue weighted by molar-refractivity contribution is 9.09. The number of dihydropyridines is 1. The smallest absolute Gasteiger partial charge is 0.114 e. The number of benzene rings is 2. The Hall–Kier alpha value is -1.88. The molecule has 0 fully saturated rings. The average Bonchev–Trinajstić information content (AvgIpc) is 2.64. The molecule has 1 heterocycles. The van der Waals surface area contributed by atoms with Crippen LogP contribution in [0.3, 0.4) is 0 Å². The Kier molecular flexibility index (Phi) is 7.25. The molecule has 4 N–H and O–H groups in total. The summed E-state index contributed by atoms with van der Waals surface area (Å²) in [5.41, 5.74) is 10.5. The average molecular weight is 386 g/mol. The third-order valence-corrected chi connectivity index (χ3v) is 3.86. The van der Waals surface area contributed by atoms with E-state index in [-0.39, 0.29) is 11.2 Å². The largest absolute Gasteiger partial charge is 0.372 e. The van der Waals surface area contributed by atoms with Crippen molar-refractivity contribution in [3.63, 3.8) is 0 Å². The van der Waals surface area contributed by atoms with Gasteiger partial charge in [0.25, 0.3) is 0 Å². The van der Waals surface area contributed by atoms with Gasteiger partial charge in [-0.15, -0.1) is 0 Å². The number of hydrogen-bond donors (Lipinski definition) is 3. The summed E-state index contributed by atoms with van der Waals surface area (Å²) in [5, 5.41) is 6.26. The van der Waals surface area contributed by atoms with Gasteiger partial charge in [0.1, 0.15) is 11.2 Å². The molecule has 0 saturated carbocycles. The predicted molar refractivity (Wildman–Crippen MR) is 107 cm³/mol. The molecule has 0 aromatic heterocycles. The second kappa shape index (κ2) is 9.42. The van der Waals surface area contributed by atoms with E-state index >= 15 is 0 Å². The molecule has 0 radical (unpaired) electrons. The van der Waals surface area contributed by atoms with Gasteiger partial charge in [0.2, 0.25) is 0 Å². The second-order valence-corrected chi connectivity index (χ2v) is 6.08. The molecule has 1 aliphatic rings. The maximum atomic E-state index is 5.78. The Balaban J connectivity index is 0.00000100. The van der Waals surface area contributed by atoms with Gasteiger partial charge < -0.3 is 11.1 Å². The molecule has 0 aliphatic carbocycles. The van der Waals surface area contributed by atoms with Gasteiger partial charge in [-0.3, -0.25) is 5.32 Å². The van der Waals surface area contributed by atoms with Crippen LogP contribution < -0.4 is 16.4 Å². The van der Waals surface area contributed by atoms with Crippen molar-refractivity contribution in [2.24, 2.45) is 5.73 Å². The third-order valence-electron chi connectivity index (χ3n) is 3.60. The van der Waals surface area contributed by atoms with Crippen molar-refractivity contribution in [3.8, 4) is 11.1 Å². The molecule has 24 heavy (non-hydrogen) atoms. The van der Waals surface area contributed by atoms with Crippen molar-refractivity contribution in [2.75, 3.05) is 0 Å². The predicted octanol–water partition coefficient (Wildman–Crippen LogP) is 4.43. The first kappa shape index (κ1) is 18.5. The van der Waals surface area contributed by atoms with Crippen LogP contribution in [0.5, 0.6) is 0 Å². The van der Waals surface area contributed by atoms with Crippen LogP contribution in [0.2, 0.25) is 0 Å². The van der Waals surface area contributed by atoms with E-state index in [0.717, 1.165) is 5.57 Å². The van der Waals surface area contributed by atoms with Crippen molar-refractivity contribution in [2.45, 2.75) is 25.1 Å². The summed E-state index contributed by atoms with van der Waals surface area (Å²) in [6, 6.07) is 19.0. The number of alkyl halides is 1. The molecular weight excluding hydrogens is 362 g/mol. The monoisotopic (exact) mass is 385 g/mol. The molecule has 3 rings (SSSR count). The number of allylic oxidation sites excluding steroid dienone is 2. The number of nitrogens with two attached hydrogens (primary N) is 1. The van der Waals surface area contributed by atoms with E-state index in [1.807, 2.05) is 32.2 Å². The minimum Gasteiger partial charge on any atom is -0.372 e. The van der Waals surface area contributed by atoms with Crippen LogP contribution in [0.15, 0.2) is 72.9 Å². The first-order valence-electron chi connectivity index (χ1n) is 8.18. The lowest BCUT2D eigenvalue weighted by atomic mass is 9.97. The molecule has 2 unspecified atom stereocenters. The minimum atomic E-state index is -0.261. The summed E-state index contributed by atoms with van der Waals surface area (Å²) in [7, 11) is 0. The van der Waals surface area contributed by atoms with E-state index < -0.39 is 0 Å². The van der Waals surface area contributed by atoms with E-state index in [9.17, 15) is 0 Å². The SMILES string of the molecule is CC.NC(Br)NC1NC=CC=C1c1ccc(-c2ccccc2)cc1. The number of rotatable bonds is 4. The number of hydrogen-bond acceptors (Lipinski definition) is 3. The van der Waals surface area contributed by atoms with Gasteiger partial charge in [0, 0.05) is 0 Å². The van der Waals surface area contributed by atoms with Crippen LogP contribution >= 0.6 is 15.9 Å². The Morgan fingerprint density at radius 2 is 1.54 bits per heavy atom. The fourth-order valence-corrected chi connectivity index (χ4v) is 2.80. The first-order valence-corrected chi connectivity index (χ1v) is 9.10. The van der Waals surface area contributed by atoms with Gasteiger partial charge in [-0.25, -0.2) is 0 Å². The fourth-order valence-electron chi connectivity index (χ4n) is 2.54. The highest BCUT2D eigenvalue weighted by Crippen LogP contribution is 2.24. The topological polar surface area (TPSA) is 50.1 Å². The molecule has 1 aliphatic heterocycles. The Labute approximate surface area is 152 Å². The summed E-state index contributed by atoms with van der Waals surface area (Å²) in [6.07, 6.45) is 6.00. The zero-order valence-corrected chi connectivity index (χ0v) is 15.6. The van der Waals surface area contributed by atoms with Gasteiger partial charge in [-0.05, 0) is 34.5 Å². The van der Waals surface area contributed by atoms with E-state index in [4.69, 9.17) is 5.73 Å². The molecule has 0 spiro atoms. The van der Waals surface area contributed by atoms with Gasteiger partial charge in [-0.2, -0.15) is 0 Å². The standard InChI is InChI=1S/C18H18BrN3.C2H6/c19-18(20)22-17-16(7-4-12-21-17)15-10-8-14(9-11-15)13-5-2-1-3-6-13;1-2/h1-12,17-18,21-22H,20H2;1-2H3. The lowest BCUT2D eigenvalue weighted by Gasteiger charge is -2.26. The molecule has 2 atom stereocenters. The Morgan fingerprint density at radius 1 is 0.958 bits per heavy atom. The van der Waals surface area contributed by atoms with E-state index in [1.165, 1.54) is 16.7 Å². The van der Waals surface area contributed by atoms with Crippen molar-refractivity contribution in [3.05, 3.63) is 78.5 Å². The van der Waals surface area contributed by atoms with Crippen LogP contribution in [0.25, 0.3) is 16.7 Å². The summed E-state index contributed by atoms with van der Waals surface area (Å²) in [4.78, 5) is 0. The van der Waals surface area contributed by atoms with Gasteiger partial charge in [0.05, 0.1) is 0 Å². The molecule has 0 amide bonds. The molecular formula is C20H24BrN3. The quantitative estimate of drug-likeness (QED) is 0.414. The van der Waals surface area contributed by atoms with E-state index in [1.54, 1.807) is 0 Å².